The van der Waals surface area contributed by atoms with Gasteiger partial charge in [-0.1, -0.05) is 20.8 Å². The number of aliphatic imine (C=N–C) groups is 1. The Balaban J connectivity index is 2.56. The van der Waals surface area contributed by atoms with Crippen LogP contribution in [-0.2, 0) is 4.74 Å². The van der Waals surface area contributed by atoms with Crippen molar-refractivity contribution in [2.45, 2.75) is 27.7 Å². The number of allylic oxidation sites excluding steroid dienone is 1. The van der Waals surface area contributed by atoms with Crippen molar-refractivity contribution in [2.75, 3.05) is 0 Å². The molecular weight excluding hydrogens is 200 g/mol. The molecule has 0 unspecified atom stereocenters. The Hall–Kier alpha value is -1.64. The molecule has 0 atom stereocenters. The molecule has 1 aliphatic rings. The smallest absolute Gasteiger partial charge is 0.202 e. The molecule has 0 radical (unpaired) electrons. The first-order chi connectivity index (χ1) is 7.52. The number of pyridine rings is 1. The number of hydrogen-bond acceptors (Lipinski definition) is 3. The van der Waals surface area contributed by atoms with Crippen LogP contribution in [0.4, 0.5) is 5.82 Å². The summed E-state index contributed by atoms with van der Waals surface area (Å²) >= 11 is 0. The number of hydrogen-bond donors (Lipinski definition) is 0. The average Bonchev–Trinajstić information content (AvgIpc) is 2.26. The van der Waals surface area contributed by atoms with Gasteiger partial charge in [0.05, 0.1) is 5.56 Å². The molecule has 0 amide bonds. The van der Waals surface area contributed by atoms with Gasteiger partial charge in [0.2, 0.25) is 5.90 Å². The lowest BCUT2D eigenvalue weighted by molar-refractivity contribution is 0.401. The molecule has 1 aliphatic heterocycles. The molecule has 0 spiro atoms. The van der Waals surface area contributed by atoms with Crippen molar-refractivity contribution in [3.8, 4) is 0 Å². The summed E-state index contributed by atoms with van der Waals surface area (Å²) in [7, 11) is 0. The molecule has 16 heavy (non-hydrogen) atoms. The zero-order valence-electron chi connectivity index (χ0n) is 10.1. The normalized spacial score (nSPS) is 17.8. The van der Waals surface area contributed by atoms with Crippen LogP contribution < -0.4 is 0 Å². The Kier molecular flexibility index (Phi) is 2.54. The maximum Gasteiger partial charge on any atom is 0.202 e. The van der Waals surface area contributed by atoms with E-state index in [2.05, 4.69) is 30.7 Å². The first-order valence-electron chi connectivity index (χ1n) is 5.41. The Labute approximate surface area is 95.9 Å². The molecule has 0 fully saturated rings. The number of ether oxygens (including phenoxy) is 1. The van der Waals surface area contributed by atoms with Gasteiger partial charge in [-0.2, -0.15) is 4.99 Å². The van der Waals surface area contributed by atoms with E-state index >= 15 is 0 Å². The van der Waals surface area contributed by atoms with Crippen molar-refractivity contribution in [1.82, 2.24) is 4.98 Å². The summed E-state index contributed by atoms with van der Waals surface area (Å²) in [5.41, 5.74) is 0.849. The topological polar surface area (TPSA) is 34.5 Å². The number of nitrogens with zero attached hydrogens (tertiary/aromatic N) is 2. The highest BCUT2D eigenvalue weighted by Crippen LogP contribution is 2.34. The van der Waals surface area contributed by atoms with Crippen LogP contribution in [0.3, 0.4) is 0 Å². The van der Waals surface area contributed by atoms with Crippen molar-refractivity contribution < 1.29 is 4.74 Å². The second-order valence-electron chi connectivity index (χ2n) is 4.80. The molecule has 1 aromatic rings. The highest BCUT2D eigenvalue weighted by atomic mass is 16.5. The van der Waals surface area contributed by atoms with Crippen LogP contribution in [0.2, 0.25) is 0 Å². The standard InChI is InChI=1S/C13H16N2O/c1-5-10-9-7-6-8-14-11(9)15-12(16-10)13(2,3)4/h5-8H,1-4H3. The third-order valence-corrected chi connectivity index (χ3v) is 2.37. The van der Waals surface area contributed by atoms with Gasteiger partial charge in [-0.15, -0.1) is 0 Å². The summed E-state index contributed by atoms with van der Waals surface area (Å²) in [5, 5.41) is 0. The minimum Gasteiger partial charge on any atom is -0.442 e. The van der Waals surface area contributed by atoms with E-state index in [0.29, 0.717) is 5.90 Å². The molecule has 84 valence electrons. The maximum atomic E-state index is 5.80. The molecule has 1 aromatic heterocycles. The fourth-order valence-corrected chi connectivity index (χ4v) is 1.49. The molecule has 0 aliphatic carbocycles. The number of fused-ring (bicyclic) bond motifs is 1. The van der Waals surface area contributed by atoms with E-state index in [0.717, 1.165) is 17.1 Å². The van der Waals surface area contributed by atoms with Gasteiger partial charge in [-0.25, -0.2) is 4.98 Å². The predicted octanol–water partition coefficient (Wildman–Crippen LogP) is 3.55. The quantitative estimate of drug-likeness (QED) is 0.664. The zero-order valence-corrected chi connectivity index (χ0v) is 10.1. The minimum atomic E-state index is -0.108. The summed E-state index contributed by atoms with van der Waals surface area (Å²) < 4.78 is 5.80. The molecule has 0 saturated carbocycles. The largest absolute Gasteiger partial charge is 0.442 e. The fraction of sp³-hybridized carbons (Fsp3) is 0.385. The van der Waals surface area contributed by atoms with Crippen molar-refractivity contribution in [3.63, 3.8) is 0 Å². The fourth-order valence-electron chi connectivity index (χ4n) is 1.49. The van der Waals surface area contributed by atoms with Gasteiger partial charge >= 0.3 is 0 Å². The van der Waals surface area contributed by atoms with Crippen molar-refractivity contribution >= 4 is 17.5 Å². The Morgan fingerprint density at radius 2 is 2.06 bits per heavy atom. The molecule has 3 nitrogen and oxygen atoms in total. The molecule has 0 bridgehead atoms. The SMILES string of the molecule is CC=C1OC(C(C)(C)C)=Nc2ncccc21. The Morgan fingerprint density at radius 1 is 1.31 bits per heavy atom. The van der Waals surface area contributed by atoms with E-state index in [1.807, 2.05) is 25.1 Å². The Bertz CT molecular complexity index is 467. The maximum absolute atomic E-state index is 5.80. The molecule has 2 rings (SSSR count). The van der Waals surface area contributed by atoms with E-state index in [1.165, 1.54) is 0 Å². The van der Waals surface area contributed by atoms with E-state index in [4.69, 9.17) is 4.74 Å². The van der Waals surface area contributed by atoms with Gasteiger partial charge in [-0.05, 0) is 25.1 Å². The number of aromatic nitrogens is 1. The minimum absolute atomic E-state index is 0.108. The lowest BCUT2D eigenvalue weighted by atomic mass is 9.96. The van der Waals surface area contributed by atoms with Gasteiger partial charge in [0, 0.05) is 11.6 Å². The van der Waals surface area contributed by atoms with Crippen molar-refractivity contribution in [2.24, 2.45) is 10.4 Å². The summed E-state index contributed by atoms with van der Waals surface area (Å²) in [4.78, 5) is 8.73. The lowest BCUT2D eigenvalue weighted by Crippen LogP contribution is -2.24. The second-order valence-corrected chi connectivity index (χ2v) is 4.80. The molecule has 3 heteroatoms. The third kappa shape index (κ3) is 1.85. The predicted molar refractivity (Wildman–Crippen MR) is 65.5 cm³/mol. The van der Waals surface area contributed by atoms with Gasteiger partial charge in [0.1, 0.15) is 5.76 Å². The summed E-state index contributed by atoms with van der Waals surface area (Å²) in [6.45, 7) is 8.19. The van der Waals surface area contributed by atoms with Crippen LogP contribution in [0.5, 0.6) is 0 Å². The first kappa shape index (κ1) is 10.9. The van der Waals surface area contributed by atoms with E-state index < -0.39 is 0 Å². The van der Waals surface area contributed by atoms with Gasteiger partial charge < -0.3 is 4.74 Å². The van der Waals surface area contributed by atoms with Crippen molar-refractivity contribution in [3.05, 3.63) is 30.0 Å². The third-order valence-electron chi connectivity index (χ3n) is 2.37. The molecule has 0 aromatic carbocycles. The van der Waals surface area contributed by atoms with E-state index in [1.54, 1.807) is 6.20 Å². The van der Waals surface area contributed by atoms with Gasteiger partial charge in [0.15, 0.2) is 5.82 Å². The average molecular weight is 216 g/mol. The monoisotopic (exact) mass is 216 g/mol. The number of rotatable bonds is 0. The molecular formula is C13H16N2O. The van der Waals surface area contributed by atoms with Crippen LogP contribution >= 0.6 is 0 Å². The van der Waals surface area contributed by atoms with Crippen LogP contribution in [0.1, 0.15) is 33.3 Å². The van der Waals surface area contributed by atoms with Gasteiger partial charge in [0.25, 0.3) is 0 Å². The van der Waals surface area contributed by atoms with Crippen LogP contribution in [0, 0.1) is 5.41 Å². The molecule has 0 saturated heterocycles. The second kappa shape index (κ2) is 3.74. The van der Waals surface area contributed by atoms with Gasteiger partial charge in [-0.3, -0.25) is 0 Å². The lowest BCUT2D eigenvalue weighted by Gasteiger charge is -2.26. The summed E-state index contributed by atoms with van der Waals surface area (Å²) in [6, 6.07) is 3.86. The highest BCUT2D eigenvalue weighted by molar-refractivity contribution is 5.93. The van der Waals surface area contributed by atoms with E-state index in [-0.39, 0.29) is 5.41 Å². The zero-order chi connectivity index (χ0) is 11.8. The first-order valence-corrected chi connectivity index (χ1v) is 5.41. The van der Waals surface area contributed by atoms with E-state index in [9.17, 15) is 0 Å². The molecule has 0 N–H and O–H groups in total. The highest BCUT2D eigenvalue weighted by Gasteiger charge is 2.27. The van der Waals surface area contributed by atoms with Crippen molar-refractivity contribution in [1.29, 1.82) is 0 Å². The molecule has 2 heterocycles. The van der Waals surface area contributed by atoms with Crippen LogP contribution in [0.25, 0.3) is 5.76 Å². The van der Waals surface area contributed by atoms with Crippen LogP contribution in [0.15, 0.2) is 29.4 Å². The summed E-state index contributed by atoms with van der Waals surface area (Å²) in [5.74, 6) is 2.29. The van der Waals surface area contributed by atoms with Crippen LogP contribution in [-0.4, -0.2) is 10.9 Å². The summed E-state index contributed by atoms with van der Waals surface area (Å²) in [6.07, 6.45) is 3.70. The Morgan fingerprint density at radius 3 is 2.69 bits per heavy atom.